The summed E-state index contributed by atoms with van der Waals surface area (Å²) >= 11 is 1.62. The summed E-state index contributed by atoms with van der Waals surface area (Å²) in [7, 11) is 0. The number of carbonyl (C=O) groups is 1. The Morgan fingerprint density at radius 1 is 1.03 bits per heavy atom. The number of piperazine rings is 1. The molecule has 5 rings (SSSR count). The lowest BCUT2D eigenvalue weighted by Crippen LogP contribution is -2.54. The molecule has 0 saturated carbocycles. The molecular weight excluding hydrogens is 440 g/mol. The van der Waals surface area contributed by atoms with Gasteiger partial charge in [-0.2, -0.15) is 0 Å². The Morgan fingerprint density at radius 3 is 2.62 bits per heavy atom. The second kappa shape index (κ2) is 9.47. The fourth-order valence-corrected chi connectivity index (χ4v) is 5.48. The van der Waals surface area contributed by atoms with Crippen molar-refractivity contribution in [2.75, 3.05) is 24.5 Å². The van der Waals surface area contributed by atoms with Gasteiger partial charge >= 0.3 is 0 Å². The molecule has 1 aliphatic rings. The van der Waals surface area contributed by atoms with Crippen molar-refractivity contribution in [3.05, 3.63) is 83.4 Å². The first-order chi connectivity index (χ1) is 16.5. The third-order valence-corrected chi connectivity index (χ3v) is 7.38. The van der Waals surface area contributed by atoms with E-state index in [4.69, 9.17) is 4.98 Å². The van der Waals surface area contributed by atoms with Crippen LogP contribution in [0, 0.1) is 13.8 Å². The summed E-state index contributed by atoms with van der Waals surface area (Å²) < 4.78 is 2.03. The van der Waals surface area contributed by atoms with Crippen LogP contribution >= 0.6 is 11.3 Å². The van der Waals surface area contributed by atoms with Gasteiger partial charge in [0.15, 0.2) is 0 Å². The Bertz CT molecular complexity index is 1290. The largest absolute Gasteiger partial charge is 0.365 e. The molecule has 1 amide bonds. The highest BCUT2D eigenvalue weighted by Crippen LogP contribution is 2.30. The fourth-order valence-electron chi connectivity index (χ4n) is 4.61. The summed E-state index contributed by atoms with van der Waals surface area (Å²) in [5, 5.41) is 3.02. The summed E-state index contributed by atoms with van der Waals surface area (Å²) in [6.45, 7) is 9.06. The number of rotatable bonds is 5. The lowest BCUT2D eigenvalue weighted by Gasteiger charge is -2.41. The second-order valence-electron chi connectivity index (χ2n) is 9.15. The predicted molar refractivity (Wildman–Crippen MR) is 140 cm³/mol. The molecule has 0 N–H and O–H groups in total. The maximum atomic E-state index is 13.2. The number of aromatic nitrogens is 2. The maximum Gasteiger partial charge on any atom is 0.242 e. The van der Waals surface area contributed by atoms with E-state index in [9.17, 15) is 4.79 Å². The fraction of sp³-hybridized carbons (Fsp3) is 0.286. The van der Waals surface area contributed by atoms with Crippen LogP contribution < -0.4 is 4.90 Å². The Morgan fingerprint density at radius 2 is 1.85 bits per heavy atom. The van der Waals surface area contributed by atoms with E-state index in [0.29, 0.717) is 6.54 Å². The number of thiazole rings is 1. The van der Waals surface area contributed by atoms with Crippen molar-refractivity contribution in [2.45, 2.75) is 33.4 Å². The number of hydrogen-bond acceptors (Lipinski definition) is 4. The standard InChI is InChI=1S/C28H30N4OS/c1-20-9-11-23(12-10-20)25-19-34-28(29-25)26-8-5-13-30(26)18-27(33)31-14-15-32(22(3)17-31)24-7-4-6-21(2)16-24/h4-13,16,19,22H,14-15,17-18H2,1-3H3. The van der Waals surface area contributed by atoms with Gasteiger partial charge in [0.25, 0.3) is 0 Å². The number of aryl methyl sites for hydroxylation is 2. The number of anilines is 1. The minimum absolute atomic E-state index is 0.156. The highest BCUT2D eigenvalue weighted by Gasteiger charge is 2.27. The summed E-state index contributed by atoms with van der Waals surface area (Å²) in [5.41, 5.74) is 6.81. The normalized spacial score (nSPS) is 16.1. The van der Waals surface area contributed by atoms with Gasteiger partial charge in [-0.05, 0) is 50.6 Å². The molecule has 1 aliphatic heterocycles. The summed E-state index contributed by atoms with van der Waals surface area (Å²) in [6.07, 6.45) is 1.98. The molecule has 2 aromatic heterocycles. The van der Waals surface area contributed by atoms with Crippen LogP contribution in [0.4, 0.5) is 5.69 Å². The zero-order valence-corrected chi connectivity index (χ0v) is 20.8. The van der Waals surface area contributed by atoms with Gasteiger partial charge in [0.05, 0.1) is 11.4 Å². The van der Waals surface area contributed by atoms with E-state index in [1.165, 1.54) is 16.8 Å². The predicted octanol–water partition coefficient (Wildman–Crippen LogP) is 5.63. The summed E-state index contributed by atoms with van der Waals surface area (Å²) in [4.78, 5) is 22.5. The van der Waals surface area contributed by atoms with Crippen molar-refractivity contribution in [3.63, 3.8) is 0 Å². The van der Waals surface area contributed by atoms with Gasteiger partial charge in [0, 0.05) is 48.5 Å². The van der Waals surface area contributed by atoms with Crippen LogP contribution in [0.25, 0.3) is 22.0 Å². The van der Waals surface area contributed by atoms with Crippen molar-refractivity contribution in [3.8, 4) is 22.0 Å². The van der Waals surface area contributed by atoms with Crippen LogP contribution in [-0.2, 0) is 11.3 Å². The molecule has 1 atom stereocenters. The third kappa shape index (κ3) is 4.64. The maximum absolute atomic E-state index is 13.2. The third-order valence-electron chi connectivity index (χ3n) is 6.52. The average molecular weight is 471 g/mol. The molecule has 0 spiro atoms. The van der Waals surface area contributed by atoms with Crippen LogP contribution in [0.5, 0.6) is 0 Å². The highest BCUT2D eigenvalue weighted by molar-refractivity contribution is 7.13. The van der Waals surface area contributed by atoms with E-state index >= 15 is 0 Å². The Balaban J connectivity index is 1.26. The van der Waals surface area contributed by atoms with Crippen molar-refractivity contribution in [1.82, 2.24) is 14.5 Å². The molecule has 1 fully saturated rings. The minimum Gasteiger partial charge on any atom is -0.365 e. The lowest BCUT2D eigenvalue weighted by molar-refractivity contribution is -0.132. The molecule has 5 nitrogen and oxygen atoms in total. The topological polar surface area (TPSA) is 41.4 Å². The van der Waals surface area contributed by atoms with E-state index in [2.05, 4.69) is 79.6 Å². The SMILES string of the molecule is Cc1ccc(-c2csc(-c3cccn3CC(=O)N3CCN(c4cccc(C)c4)C(C)C3)n2)cc1. The summed E-state index contributed by atoms with van der Waals surface area (Å²) in [5.74, 6) is 0.156. The van der Waals surface area contributed by atoms with Gasteiger partial charge in [0.2, 0.25) is 5.91 Å². The molecule has 0 bridgehead atoms. The Labute approximate surface area is 205 Å². The van der Waals surface area contributed by atoms with Crippen molar-refractivity contribution in [2.24, 2.45) is 0 Å². The lowest BCUT2D eigenvalue weighted by atomic mass is 10.1. The molecule has 4 aromatic rings. The first-order valence-corrected chi connectivity index (χ1v) is 12.6. The Kier molecular flexibility index (Phi) is 6.24. The summed E-state index contributed by atoms with van der Waals surface area (Å²) in [6, 6.07) is 21.3. The van der Waals surface area contributed by atoms with E-state index in [-0.39, 0.29) is 11.9 Å². The van der Waals surface area contributed by atoms with Crippen molar-refractivity contribution in [1.29, 1.82) is 0 Å². The first-order valence-electron chi connectivity index (χ1n) is 11.8. The zero-order valence-electron chi connectivity index (χ0n) is 19.9. The molecule has 0 aliphatic carbocycles. The molecule has 6 heteroatoms. The van der Waals surface area contributed by atoms with Gasteiger partial charge in [-0.1, -0.05) is 42.0 Å². The monoisotopic (exact) mass is 470 g/mol. The number of nitrogens with zero attached hydrogens (tertiary/aromatic N) is 4. The van der Waals surface area contributed by atoms with Gasteiger partial charge in [-0.25, -0.2) is 4.98 Å². The van der Waals surface area contributed by atoms with Gasteiger partial charge in [-0.3, -0.25) is 4.79 Å². The van der Waals surface area contributed by atoms with E-state index in [1.807, 2.05) is 27.8 Å². The minimum atomic E-state index is 0.156. The number of benzene rings is 2. The quantitative estimate of drug-likeness (QED) is 0.379. The van der Waals surface area contributed by atoms with Gasteiger partial charge < -0.3 is 14.4 Å². The molecular formula is C28H30N4OS. The molecule has 2 aromatic carbocycles. The zero-order chi connectivity index (χ0) is 23.7. The first kappa shape index (κ1) is 22.4. The van der Waals surface area contributed by atoms with E-state index < -0.39 is 0 Å². The van der Waals surface area contributed by atoms with Crippen LogP contribution in [-0.4, -0.2) is 46.0 Å². The van der Waals surface area contributed by atoms with Gasteiger partial charge in [-0.15, -0.1) is 11.3 Å². The molecule has 3 heterocycles. The van der Waals surface area contributed by atoms with Crippen molar-refractivity contribution < 1.29 is 4.79 Å². The second-order valence-corrected chi connectivity index (χ2v) is 10.0. The number of amides is 1. The van der Waals surface area contributed by atoms with Crippen LogP contribution in [0.3, 0.4) is 0 Å². The van der Waals surface area contributed by atoms with Crippen LogP contribution in [0.15, 0.2) is 72.2 Å². The number of hydrogen-bond donors (Lipinski definition) is 0. The molecule has 174 valence electrons. The highest BCUT2D eigenvalue weighted by atomic mass is 32.1. The average Bonchev–Trinajstić information content (AvgIpc) is 3.49. The van der Waals surface area contributed by atoms with Crippen LogP contribution in [0.2, 0.25) is 0 Å². The Hall–Kier alpha value is -3.38. The molecule has 0 radical (unpaired) electrons. The number of carbonyl (C=O) groups excluding carboxylic acids is 1. The molecule has 34 heavy (non-hydrogen) atoms. The van der Waals surface area contributed by atoms with Crippen molar-refractivity contribution >= 4 is 22.9 Å². The van der Waals surface area contributed by atoms with E-state index in [0.717, 1.165) is 41.6 Å². The molecule has 1 saturated heterocycles. The smallest absolute Gasteiger partial charge is 0.242 e. The van der Waals surface area contributed by atoms with E-state index in [1.54, 1.807) is 11.3 Å². The van der Waals surface area contributed by atoms with Gasteiger partial charge in [0.1, 0.15) is 11.6 Å². The van der Waals surface area contributed by atoms with Crippen LogP contribution in [0.1, 0.15) is 18.1 Å². The molecule has 1 unspecified atom stereocenters.